The summed E-state index contributed by atoms with van der Waals surface area (Å²) in [5.74, 6) is -0.809. The number of benzene rings is 1. The first kappa shape index (κ1) is 19.8. The Morgan fingerprint density at radius 1 is 1.22 bits per heavy atom. The zero-order chi connectivity index (χ0) is 20.4. The Morgan fingerprint density at radius 2 is 1.81 bits per heavy atom. The number of rotatable bonds is 4. The normalized spacial score (nSPS) is 11.7. The van der Waals surface area contributed by atoms with Crippen molar-refractivity contribution in [2.24, 2.45) is 19.2 Å². The van der Waals surface area contributed by atoms with Gasteiger partial charge in [-0.3, -0.25) is 14.2 Å². The molecule has 0 fully saturated rings. The molecule has 27 heavy (non-hydrogen) atoms. The Labute approximate surface area is 153 Å². The van der Waals surface area contributed by atoms with Gasteiger partial charge < -0.3 is 9.88 Å². The highest BCUT2D eigenvalue weighted by atomic mass is 32.2. The standard InChI is InChI=1S/C16H15N5O5S/c1-20-9-11(15(23)21(2)16(20)24)7-10(8-17)14(22)19-12-3-5-13(6-4-12)27(18,25)26/h3-7,9H,1-2H3,(H,19,22)(H2,18,25,26)/b10-7+. The summed E-state index contributed by atoms with van der Waals surface area (Å²) in [6.07, 6.45) is 2.28. The molecule has 0 atom stereocenters. The van der Waals surface area contributed by atoms with Gasteiger partial charge in [0, 0.05) is 26.0 Å². The highest BCUT2D eigenvalue weighted by Crippen LogP contribution is 2.14. The molecule has 2 rings (SSSR count). The van der Waals surface area contributed by atoms with E-state index in [-0.39, 0.29) is 21.7 Å². The first-order chi connectivity index (χ1) is 12.5. The highest BCUT2D eigenvalue weighted by molar-refractivity contribution is 7.89. The topological polar surface area (TPSA) is 157 Å². The third-order valence-corrected chi connectivity index (χ3v) is 4.51. The Morgan fingerprint density at radius 3 is 2.33 bits per heavy atom. The maximum Gasteiger partial charge on any atom is 0.330 e. The van der Waals surface area contributed by atoms with Gasteiger partial charge in [-0.15, -0.1) is 0 Å². The summed E-state index contributed by atoms with van der Waals surface area (Å²) in [6, 6.07) is 6.69. The second-order valence-electron chi connectivity index (χ2n) is 5.54. The third kappa shape index (κ3) is 4.38. The maximum atomic E-state index is 12.3. The van der Waals surface area contributed by atoms with Crippen LogP contribution in [0.2, 0.25) is 0 Å². The number of sulfonamides is 1. The fourth-order valence-electron chi connectivity index (χ4n) is 2.17. The van der Waals surface area contributed by atoms with Gasteiger partial charge in [0.15, 0.2) is 0 Å². The molecule has 1 amide bonds. The molecule has 11 heteroatoms. The van der Waals surface area contributed by atoms with Gasteiger partial charge in [0.1, 0.15) is 11.6 Å². The van der Waals surface area contributed by atoms with Crippen molar-refractivity contribution >= 4 is 27.7 Å². The SMILES string of the molecule is Cn1cc(/C=C(\C#N)C(=O)Nc2ccc(S(N)(=O)=O)cc2)c(=O)n(C)c1=O. The molecule has 0 radical (unpaired) electrons. The summed E-state index contributed by atoms with van der Waals surface area (Å²) in [5, 5.41) is 16.6. The lowest BCUT2D eigenvalue weighted by molar-refractivity contribution is -0.112. The van der Waals surface area contributed by atoms with Crippen molar-refractivity contribution < 1.29 is 13.2 Å². The van der Waals surface area contributed by atoms with Crippen molar-refractivity contribution in [1.29, 1.82) is 5.26 Å². The minimum atomic E-state index is -3.87. The van der Waals surface area contributed by atoms with Crippen molar-refractivity contribution in [3.63, 3.8) is 0 Å². The van der Waals surface area contributed by atoms with Gasteiger partial charge in [-0.2, -0.15) is 5.26 Å². The summed E-state index contributed by atoms with van der Waals surface area (Å²) >= 11 is 0. The van der Waals surface area contributed by atoms with Crippen molar-refractivity contribution in [1.82, 2.24) is 9.13 Å². The number of carbonyl (C=O) groups excluding carboxylic acids is 1. The van der Waals surface area contributed by atoms with Crippen LogP contribution in [0.5, 0.6) is 0 Å². The number of amides is 1. The third-order valence-electron chi connectivity index (χ3n) is 3.58. The van der Waals surface area contributed by atoms with Crippen LogP contribution in [0.25, 0.3) is 6.08 Å². The van der Waals surface area contributed by atoms with E-state index in [2.05, 4.69) is 5.32 Å². The van der Waals surface area contributed by atoms with Crippen LogP contribution in [0.4, 0.5) is 5.69 Å². The number of aryl methyl sites for hydroxylation is 1. The first-order valence-corrected chi connectivity index (χ1v) is 8.92. The smallest absolute Gasteiger partial charge is 0.321 e. The van der Waals surface area contributed by atoms with Crippen LogP contribution in [0.3, 0.4) is 0 Å². The highest BCUT2D eigenvalue weighted by Gasteiger charge is 2.13. The zero-order valence-corrected chi connectivity index (χ0v) is 15.1. The van der Waals surface area contributed by atoms with Gasteiger partial charge in [-0.05, 0) is 30.3 Å². The Hall–Kier alpha value is -3.49. The quantitative estimate of drug-likeness (QED) is 0.519. The number of primary sulfonamides is 1. The van der Waals surface area contributed by atoms with Crippen LogP contribution in [0.1, 0.15) is 5.56 Å². The molecule has 0 aliphatic heterocycles. The number of nitrogens with one attached hydrogen (secondary N) is 1. The molecule has 0 spiro atoms. The van der Waals surface area contributed by atoms with E-state index in [9.17, 15) is 28.1 Å². The van der Waals surface area contributed by atoms with Gasteiger partial charge >= 0.3 is 5.69 Å². The molecule has 1 aromatic heterocycles. The van der Waals surface area contributed by atoms with Gasteiger partial charge in [0.05, 0.1) is 10.5 Å². The molecule has 0 saturated heterocycles. The number of hydrogen-bond donors (Lipinski definition) is 2. The van der Waals surface area contributed by atoms with E-state index < -0.39 is 27.2 Å². The van der Waals surface area contributed by atoms with E-state index in [0.717, 1.165) is 15.2 Å². The number of aromatic nitrogens is 2. The van der Waals surface area contributed by atoms with E-state index in [1.807, 2.05) is 0 Å². The van der Waals surface area contributed by atoms with Crippen LogP contribution >= 0.6 is 0 Å². The molecule has 140 valence electrons. The molecule has 2 aromatic rings. The fourth-order valence-corrected chi connectivity index (χ4v) is 2.68. The molecular formula is C16H15N5O5S. The largest absolute Gasteiger partial charge is 0.330 e. The van der Waals surface area contributed by atoms with Crippen LogP contribution in [0.15, 0.2) is 50.5 Å². The molecule has 0 unspecified atom stereocenters. The number of nitriles is 1. The molecule has 3 N–H and O–H groups in total. The molecule has 1 aromatic carbocycles. The molecular weight excluding hydrogens is 374 g/mol. The van der Waals surface area contributed by atoms with Crippen LogP contribution in [0, 0.1) is 11.3 Å². The van der Waals surface area contributed by atoms with Crippen LogP contribution in [-0.4, -0.2) is 23.5 Å². The van der Waals surface area contributed by atoms with Crippen molar-refractivity contribution in [3.05, 3.63) is 62.4 Å². The van der Waals surface area contributed by atoms with E-state index in [1.165, 1.54) is 44.6 Å². The Balaban J connectivity index is 2.35. The average Bonchev–Trinajstić information content (AvgIpc) is 2.61. The van der Waals surface area contributed by atoms with Gasteiger partial charge in [0.2, 0.25) is 10.0 Å². The van der Waals surface area contributed by atoms with Crippen molar-refractivity contribution in [2.45, 2.75) is 4.90 Å². The van der Waals surface area contributed by atoms with E-state index in [1.54, 1.807) is 6.07 Å². The number of anilines is 1. The Kier molecular flexibility index (Phi) is 5.44. The minimum absolute atomic E-state index is 0.0177. The lowest BCUT2D eigenvalue weighted by Gasteiger charge is -2.06. The minimum Gasteiger partial charge on any atom is -0.321 e. The van der Waals surface area contributed by atoms with E-state index in [4.69, 9.17) is 5.14 Å². The average molecular weight is 389 g/mol. The van der Waals surface area contributed by atoms with Gasteiger partial charge in [0.25, 0.3) is 11.5 Å². The summed E-state index contributed by atoms with van der Waals surface area (Å²) in [7, 11) is -1.16. The number of nitrogens with zero attached hydrogens (tertiary/aromatic N) is 3. The second kappa shape index (κ2) is 7.40. The fraction of sp³-hybridized carbons (Fsp3) is 0.125. The van der Waals surface area contributed by atoms with Crippen molar-refractivity contribution in [3.8, 4) is 6.07 Å². The summed E-state index contributed by atoms with van der Waals surface area (Å²) in [4.78, 5) is 35.9. The number of hydrogen-bond acceptors (Lipinski definition) is 6. The van der Waals surface area contributed by atoms with Gasteiger partial charge in [-0.1, -0.05) is 0 Å². The van der Waals surface area contributed by atoms with E-state index >= 15 is 0 Å². The van der Waals surface area contributed by atoms with E-state index in [0.29, 0.717) is 0 Å². The lowest BCUT2D eigenvalue weighted by atomic mass is 10.2. The predicted octanol–water partition coefficient (Wildman–Crippen LogP) is -0.723. The lowest BCUT2D eigenvalue weighted by Crippen LogP contribution is -2.37. The first-order valence-electron chi connectivity index (χ1n) is 7.37. The van der Waals surface area contributed by atoms with Crippen LogP contribution < -0.4 is 21.7 Å². The second-order valence-corrected chi connectivity index (χ2v) is 7.10. The molecule has 0 saturated carbocycles. The number of nitrogens with two attached hydrogens (primary N) is 1. The number of carbonyl (C=O) groups is 1. The molecule has 10 nitrogen and oxygen atoms in total. The molecule has 1 heterocycles. The Bertz CT molecular complexity index is 1200. The van der Waals surface area contributed by atoms with Gasteiger partial charge in [-0.25, -0.2) is 18.4 Å². The predicted molar refractivity (Wildman–Crippen MR) is 97.0 cm³/mol. The molecule has 0 aliphatic rings. The maximum absolute atomic E-state index is 12.3. The summed E-state index contributed by atoms with van der Waals surface area (Å²) in [6.45, 7) is 0. The van der Waals surface area contributed by atoms with Crippen molar-refractivity contribution in [2.75, 3.05) is 5.32 Å². The zero-order valence-electron chi connectivity index (χ0n) is 14.3. The summed E-state index contributed by atoms with van der Waals surface area (Å²) in [5.41, 5.74) is -1.37. The molecule has 0 bridgehead atoms. The van der Waals surface area contributed by atoms with Crippen LogP contribution in [-0.2, 0) is 28.9 Å². The monoisotopic (exact) mass is 389 g/mol. The summed E-state index contributed by atoms with van der Waals surface area (Å²) < 4.78 is 24.4. The molecule has 0 aliphatic carbocycles.